The summed E-state index contributed by atoms with van der Waals surface area (Å²) >= 11 is 0. The Morgan fingerprint density at radius 3 is 2.36 bits per heavy atom. The minimum Gasteiger partial charge on any atom is -0.493 e. The highest BCUT2D eigenvalue weighted by Gasteiger charge is 2.12. The number of aromatic nitrogens is 2. The molecule has 0 saturated carbocycles. The molecule has 1 aromatic heterocycles. The molecule has 1 amide bonds. The van der Waals surface area contributed by atoms with E-state index in [0.717, 1.165) is 54.0 Å². The summed E-state index contributed by atoms with van der Waals surface area (Å²) in [6, 6.07) is 21.1. The van der Waals surface area contributed by atoms with Gasteiger partial charge in [-0.05, 0) is 62.2 Å². The minimum absolute atomic E-state index is 0.122. The molecule has 39 heavy (non-hydrogen) atoms. The van der Waals surface area contributed by atoms with Gasteiger partial charge in [-0.25, -0.2) is 4.98 Å². The van der Waals surface area contributed by atoms with Crippen LogP contribution in [0, 0.1) is 0 Å². The Morgan fingerprint density at radius 2 is 1.59 bits per heavy atom. The zero-order valence-electron chi connectivity index (χ0n) is 22.9. The van der Waals surface area contributed by atoms with Gasteiger partial charge in [0, 0.05) is 18.5 Å². The standard InChI is InChI=1S/C31H37N3O5/c1-4-38-27-14-9-10-15-28(27)39-21-20-34-25-13-8-7-12-24(25)33-30(34)16-6-5-11-19-32-31(35)23-17-18-26(36-2)29(22-23)37-3/h7-10,12-15,17-18,22H,4-6,11,16,19-21H2,1-3H3,(H,32,35). The number of para-hydroxylation sites is 4. The number of benzene rings is 3. The quantitative estimate of drug-likeness (QED) is 0.199. The zero-order chi connectivity index (χ0) is 27.5. The fourth-order valence-corrected chi connectivity index (χ4v) is 4.52. The first kappa shape index (κ1) is 27.8. The maximum absolute atomic E-state index is 12.5. The van der Waals surface area contributed by atoms with Crippen LogP contribution < -0.4 is 24.3 Å². The van der Waals surface area contributed by atoms with Gasteiger partial charge in [0.15, 0.2) is 23.0 Å². The number of methoxy groups -OCH3 is 2. The van der Waals surface area contributed by atoms with Gasteiger partial charge in [0.05, 0.1) is 38.4 Å². The first-order valence-electron chi connectivity index (χ1n) is 13.4. The Balaban J connectivity index is 1.27. The van der Waals surface area contributed by atoms with Crippen LogP contribution in [0.25, 0.3) is 11.0 Å². The Morgan fingerprint density at radius 1 is 0.846 bits per heavy atom. The number of fused-ring (bicyclic) bond motifs is 1. The molecular formula is C31H37N3O5. The molecule has 4 aromatic rings. The van der Waals surface area contributed by atoms with Crippen LogP contribution in [0.1, 0.15) is 42.4 Å². The zero-order valence-corrected chi connectivity index (χ0v) is 22.9. The van der Waals surface area contributed by atoms with Gasteiger partial charge in [-0.3, -0.25) is 4.79 Å². The Bertz CT molecular complexity index is 1370. The molecule has 8 heteroatoms. The molecule has 0 fully saturated rings. The van der Waals surface area contributed by atoms with Gasteiger partial charge in [0.1, 0.15) is 12.4 Å². The third-order valence-electron chi connectivity index (χ3n) is 6.46. The van der Waals surface area contributed by atoms with Crippen LogP contribution in [-0.4, -0.2) is 49.4 Å². The summed E-state index contributed by atoms with van der Waals surface area (Å²) in [7, 11) is 3.13. The van der Waals surface area contributed by atoms with E-state index in [1.54, 1.807) is 32.4 Å². The summed E-state index contributed by atoms with van der Waals surface area (Å²) in [4.78, 5) is 17.4. The molecule has 3 aromatic carbocycles. The van der Waals surface area contributed by atoms with Gasteiger partial charge in [-0.15, -0.1) is 0 Å². The largest absolute Gasteiger partial charge is 0.493 e. The molecule has 0 aliphatic rings. The summed E-state index contributed by atoms with van der Waals surface area (Å²) in [5.41, 5.74) is 2.65. The average Bonchev–Trinajstić information content (AvgIpc) is 3.32. The molecular weight excluding hydrogens is 494 g/mol. The fraction of sp³-hybridized carbons (Fsp3) is 0.355. The number of nitrogens with zero attached hydrogens (tertiary/aromatic N) is 2. The number of hydrogen-bond acceptors (Lipinski definition) is 6. The van der Waals surface area contributed by atoms with Crippen molar-refractivity contribution in [1.82, 2.24) is 14.9 Å². The van der Waals surface area contributed by atoms with Crippen molar-refractivity contribution in [3.05, 3.63) is 78.1 Å². The topological polar surface area (TPSA) is 83.8 Å². The van der Waals surface area contributed by atoms with Crippen molar-refractivity contribution in [2.45, 2.75) is 39.2 Å². The molecule has 0 unspecified atom stereocenters. The normalized spacial score (nSPS) is 10.8. The van der Waals surface area contributed by atoms with Crippen LogP contribution >= 0.6 is 0 Å². The lowest BCUT2D eigenvalue weighted by Crippen LogP contribution is -2.24. The van der Waals surface area contributed by atoms with E-state index < -0.39 is 0 Å². The van der Waals surface area contributed by atoms with Crippen LogP contribution in [0.4, 0.5) is 0 Å². The SMILES string of the molecule is CCOc1ccccc1OCCn1c(CCCCCNC(=O)c2ccc(OC)c(OC)c2)nc2ccccc21. The smallest absolute Gasteiger partial charge is 0.251 e. The van der Waals surface area contributed by atoms with E-state index in [1.807, 2.05) is 49.4 Å². The number of aryl methyl sites for hydroxylation is 1. The van der Waals surface area contributed by atoms with Crippen LogP contribution in [0.15, 0.2) is 66.7 Å². The van der Waals surface area contributed by atoms with Crippen molar-refractivity contribution >= 4 is 16.9 Å². The number of nitrogens with one attached hydrogen (secondary N) is 1. The molecule has 1 heterocycles. The second-order valence-electron chi connectivity index (χ2n) is 9.03. The summed E-state index contributed by atoms with van der Waals surface area (Å²) in [6.45, 7) is 4.37. The number of carbonyl (C=O) groups is 1. The molecule has 0 saturated heterocycles. The average molecular weight is 532 g/mol. The van der Waals surface area contributed by atoms with Crippen molar-refractivity contribution in [3.63, 3.8) is 0 Å². The predicted octanol–water partition coefficient (Wildman–Crippen LogP) is 5.67. The lowest BCUT2D eigenvalue weighted by Gasteiger charge is -2.13. The van der Waals surface area contributed by atoms with Crippen molar-refractivity contribution in [2.75, 3.05) is 34.0 Å². The van der Waals surface area contributed by atoms with E-state index in [4.69, 9.17) is 23.9 Å². The maximum atomic E-state index is 12.5. The van der Waals surface area contributed by atoms with Crippen LogP contribution in [0.2, 0.25) is 0 Å². The van der Waals surface area contributed by atoms with E-state index in [0.29, 0.717) is 43.4 Å². The molecule has 8 nitrogen and oxygen atoms in total. The molecule has 0 aliphatic carbocycles. The van der Waals surface area contributed by atoms with Gasteiger partial charge in [-0.1, -0.05) is 30.7 Å². The highest BCUT2D eigenvalue weighted by Crippen LogP contribution is 2.28. The van der Waals surface area contributed by atoms with E-state index in [9.17, 15) is 4.79 Å². The van der Waals surface area contributed by atoms with E-state index in [-0.39, 0.29) is 5.91 Å². The molecule has 206 valence electrons. The predicted molar refractivity (Wildman–Crippen MR) is 152 cm³/mol. The summed E-state index contributed by atoms with van der Waals surface area (Å²) in [5.74, 6) is 3.57. The second kappa shape index (κ2) is 14.1. The molecule has 1 N–H and O–H groups in total. The Hall–Kier alpha value is -4.20. The number of amides is 1. The van der Waals surface area contributed by atoms with E-state index >= 15 is 0 Å². The molecule has 0 radical (unpaired) electrons. The first-order chi connectivity index (χ1) is 19.1. The van der Waals surface area contributed by atoms with Crippen LogP contribution in [0.3, 0.4) is 0 Å². The van der Waals surface area contributed by atoms with Gasteiger partial charge in [0.25, 0.3) is 5.91 Å². The van der Waals surface area contributed by atoms with E-state index in [2.05, 4.69) is 16.0 Å². The van der Waals surface area contributed by atoms with Crippen molar-refractivity contribution < 1.29 is 23.7 Å². The molecule has 4 rings (SSSR count). The monoisotopic (exact) mass is 531 g/mol. The summed E-state index contributed by atoms with van der Waals surface area (Å²) in [6.07, 6.45) is 3.70. The van der Waals surface area contributed by atoms with Gasteiger partial charge in [-0.2, -0.15) is 0 Å². The van der Waals surface area contributed by atoms with Gasteiger partial charge >= 0.3 is 0 Å². The van der Waals surface area contributed by atoms with Crippen molar-refractivity contribution in [1.29, 1.82) is 0 Å². The highest BCUT2D eigenvalue weighted by molar-refractivity contribution is 5.94. The molecule has 0 atom stereocenters. The number of imidazole rings is 1. The Labute approximate surface area is 229 Å². The lowest BCUT2D eigenvalue weighted by molar-refractivity contribution is 0.0952. The molecule has 0 bridgehead atoms. The number of carbonyl (C=O) groups excluding carboxylic acids is 1. The third kappa shape index (κ3) is 7.22. The van der Waals surface area contributed by atoms with Gasteiger partial charge < -0.3 is 28.8 Å². The van der Waals surface area contributed by atoms with Crippen LogP contribution in [-0.2, 0) is 13.0 Å². The number of hydrogen-bond donors (Lipinski definition) is 1. The molecule has 0 aliphatic heterocycles. The highest BCUT2D eigenvalue weighted by atomic mass is 16.5. The second-order valence-corrected chi connectivity index (χ2v) is 9.03. The molecule has 0 spiro atoms. The first-order valence-corrected chi connectivity index (χ1v) is 13.4. The maximum Gasteiger partial charge on any atom is 0.251 e. The third-order valence-corrected chi connectivity index (χ3v) is 6.46. The summed E-state index contributed by atoms with van der Waals surface area (Å²) in [5, 5.41) is 2.99. The Kier molecular flexibility index (Phi) is 10.1. The minimum atomic E-state index is -0.122. The lowest BCUT2D eigenvalue weighted by atomic mass is 10.1. The fourth-order valence-electron chi connectivity index (χ4n) is 4.52. The summed E-state index contributed by atoms with van der Waals surface area (Å²) < 4.78 is 24.5. The number of ether oxygens (including phenoxy) is 4. The van der Waals surface area contributed by atoms with Gasteiger partial charge in [0.2, 0.25) is 0 Å². The van der Waals surface area contributed by atoms with Crippen LogP contribution in [0.5, 0.6) is 23.0 Å². The number of unbranched alkanes of at least 4 members (excludes halogenated alkanes) is 2. The van der Waals surface area contributed by atoms with E-state index in [1.165, 1.54) is 0 Å². The van der Waals surface area contributed by atoms with Crippen molar-refractivity contribution in [3.8, 4) is 23.0 Å². The van der Waals surface area contributed by atoms with Crippen molar-refractivity contribution in [2.24, 2.45) is 0 Å². The number of rotatable bonds is 15.